The molecule has 0 radical (unpaired) electrons. The van der Waals surface area contributed by atoms with Crippen molar-refractivity contribution in [2.75, 3.05) is 13.7 Å². The number of aliphatic carboxylic acids is 1. The number of carbonyl (C=O) groups excluding carboxylic acids is 1. The van der Waals surface area contributed by atoms with Gasteiger partial charge in [0.05, 0.1) is 12.1 Å². The number of carbonyl (C=O) groups is 2. The maximum atomic E-state index is 11.5. The molecule has 15 heavy (non-hydrogen) atoms. The SMILES string of the molecule is C[C@@H](NC(=O)N(C)C(C)(C)CO)C(=O)O. The molecule has 0 rings (SSSR count). The zero-order chi connectivity index (χ0) is 12.2. The van der Waals surface area contributed by atoms with Crippen molar-refractivity contribution in [3.05, 3.63) is 0 Å². The molecule has 0 fully saturated rings. The van der Waals surface area contributed by atoms with Crippen LogP contribution in [0.25, 0.3) is 0 Å². The van der Waals surface area contributed by atoms with E-state index in [2.05, 4.69) is 5.32 Å². The Bertz CT molecular complexity index is 252. The topological polar surface area (TPSA) is 89.9 Å². The molecule has 0 aliphatic rings. The molecule has 0 spiro atoms. The van der Waals surface area contributed by atoms with E-state index >= 15 is 0 Å². The highest BCUT2D eigenvalue weighted by atomic mass is 16.4. The number of hydrogen-bond acceptors (Lipinski definition) is 3. The molecule has 0 aliphatic carbocycles. The Hall–Kier alpha value is -1.30. The lowest BCUT2D eigenvalue weighted by molar-refractivity contribution is -0.138. The number of nitrogens with zero attached hydrogens (tertiary/aromatic N) is 1. The highest BCUT2D eigenvalue weighted by molar-refractivity contribution is 5.82. The minimum Gasteiger partial charge on any atom is -0.480 e. The van der Waals surface area contributed by atoms with Gasteiger partial charge < -0.3 is 20.4 Å². The Morgan fingerprint density at radius 1 is 1.47 bits per heavy atom. The van der Waals surface area contributed by atoms with Crippen LogP contribution in [0.1, 0.15) is 20.8 Å². The van der Waals surface area contributed by atoms with Crippen LogP contribution in [-0.2, 0) is 4.79 Å². The number of likely N-dealkylation sites (N-methyl/N-ethyl adjacent to an activating group) is 1. The number of hydrogen-bond donors (Lipinski definition) is 3. The summed E-state index contributed by atoms with van der Waals surface area (Å²) in [7, 11) is 1.50. The number of carboxylic acids is 1. The first kappa shape index (κ1) is 13.7. The minimum atomic E-state index is -1.10. The number of aliphatic hydroxyl groups is 1. The molecular weight excluding hydrogens is 200 g/mol. The van der Waals surface area contributed by atoms with Gasteiger partial charge in [-0.3, -0.25) is 4.79 Å². The van der Waals surface area contributed by atoms with Crippen LogP contribution in [0.2, 0.25) is 0 Å². The molecule has 0 aromatic heterocycles. The highest BCUT2D eigenvalue weighted by Gasteiger charge is 2.28. The van der Waals surface area contributed by atoms with E-state index in [0.29, 0.717) is 0 Å². The first-order valence-corrected chi connectivity index (χ1v) is 4.60. The molecule has 0 unspecified atom stereocenters. The molecule has 3 N–H and O–H groups in total. The van der Waals surface area contributed by atoms with Crippen LogP contribution < -0.4 is 5.32 Å². The van der Waals surface area contributed by atoms with Gasteiger partial charge in [0.25, 0.3) is 0 Å². The van der Waals surface area contributed by atoms with Crippen molar-refractivity contribution in [3.63, 3.8) is 0 Å². The second-order valence-corrected chi connectivity index (χ2v) is 4.04. The number of urea groups is 1. The largest absolute Gasteiger partial charge is 0.480 e. The average Bonchev–Trinajstić information content (AvgIpc) is 2.16. The zero-order valence-corrected chi connectivity index (χ0v) is 9.44. The van der Waals surface area contributed by atoms with Gasteiger partial charge in [0.2, 0.25) is 0 Å². The Kier molecular flexibility index (Phi) is 4.54. The summed E-state index contributed by atoms with van der Waals surface area (Å²) in [4.78, 5) is 23.3. The lowest BCUT2D eigenvalue weighted by atomic mass is 10.1. The summed E-state index contributed by atoms with van der Waals surface area (Å²) < 4.78 is 0. The summed E-state index contributed by atoms with van der Waals surface area (Å²) >= 11 is 0. The first-order valence-electron chi connectivity index (χ1n) is 4.60. The molecule has 2 amide bonds. The Morgan fingerprint density at radius 3 is 2.27 bits per heavy atom. The third-order valence-corrected chi connectivity index (χ3v) is 2.31. The van der Waals surface area contributed by atoms with E-state index in [1.807, 2.05) is 0 Å². The van der Waals surface area contributed by atoms with E-state index in [9.17, 15) is 9.59 Å². The molecule has 88 valence electrons. The van der Waals surface area contributed by atoms with Crippen LogP contribution in [0.4, 0.5) is 4.79 Å². The second kappa shape index (κ2) is 4.97. The second-order valence-electron chi connectivity index (χ2n) is 4.04. The maximum absolute atomic E-state index is 11.5. The average molecular weight is 218 g/mol. The molecule has 6 heteroatoms. The van der Waals surface area contributed by atoms with Gasteiger partial charge in [-0.2, -0.15) is 0 Å². The van der Waals surface area contributed by atoms with Gasteiger partial charge in [0, 0.05) is 7.05 Å². The first-order chi connectivity index (χ1) is 6.72. The fraction of sp³-hybridized carbons (Fsp3) is 0.778. The van der Waals surface area contributed by atoms with E-state index in [4.69, 9.17) is 10.2 Å². The summed E-state index contributed by atoms with van der Waals surface area (Å²) in [6.07, 6.45) is 0. The summed E-state index contributed by atoms with van der Waals surface area (Å²) in [6, 6.07) is -1.47. The summed E-state index contributed by atoms with van der Waals surface area (Å²) in [6.45, 7) is 4.54. The minimum absolute atomic E-state index is 0.196. The predicted octanol–water partition coefficient (Wildman–Crippen LogP) is -0.128. The zero-order valence-electron chi connectivity index (χ0n) is 9.44. The quantitative estimate of drug-likeness (QED) is 0.613. The van der Waals surface area contributed by atoms with Crippen molar-refractivity contribution >= 4 is 12.0 Å². The van der Waals surface area contributed by atoms with Crippen LogP contribution in [-0.4, -0.2) is 52.3 Å². The number of rotatable bonds is 4. The molecular formula is C9H18N2O4. The van der Waals surface area contributed by atoms with E-state index < -0.39 is 23.6 Å². The third kappa shape index (κ3) is 3.75. The molecule has 0 aromatic rings. The summed E-state index contributed by atoms with van der Waals surface area (Å²) in [5.41, 5.74) is -0.720. The van der Waals surface area contributed by atoms with E-state index in [1.165, 1.54) is 18.9 Å². The molecule has 6 nitrogen and oxygen atoms in total. The Balaban J connectivity index is 4.40. The smallest absolute Gasteiger partial charge is 0.325 e. The Morgan fingerprint density at radius 2 is 1.93 bits per heavy atom. The van der Waals surface area contributed by atoms with Crippen LogP contribution >= 0.6 is 0 Å². The molecule has 1 atom stereocenters. The van der Waals surface area contributed by atoms with Gasteiger partial charge in [-0.15, -0.1) is 0 Å². The normalized spacial score (nSPS) is 13.1. The molecule has 0 bridgehead atoms. The van der Waals surface area contributed by atoms with Gasteiger partial charge in [0.15, 0.2) is 0 Å². The van der Waals surface area contributed by atoms with Crippen molar-refractivity contribution in [2.45, 2.75) is 32.4 Å². The third-order valence-electron chi connectivity index (χ3n) is 2.31. The number of aliphatic hydroxyl groups excluding tert-OH is 1. The van der Waals surface area contributed by atoms with Gasteiger partial charge in [-0.05, 0) is 20.8 Å². The van der Waals surface area contributed by atoms with Crippen LogP contribution in [0.5, 0.6) is 0 Å². The lowest BCUT2D eigenvalue weighted by Gasteiger charge is -2.34. The molecule has 0 heterocycles. The van der Waals surface area contributed by atoms with Gasteiger partial charge in [-0.1, -0.05) is 0 Å². The number of amides is 2. The van der Waals surface area contributed by atoms with Crippen molar-refractivity contribution in [2.24, 2.45) is 0 Å². The molecule has 0 saturated heterocycles. The van der Waals surface area contributed by atoms with Crippen molar-refractivity contribution < 1.29 is 19.8 Å². The van der Waals surface area contributed by atoms with Gasteiger partial charge in [-0.25, -0.2) is 4.79 Å². The standard InChI is InChI=1S/C9H18N2O4/c1-6(7(13)14)10-8(15)11(4)9(2,3)5-12/h6,12H,5H2,1-4H3,(H,10,15)(H,13,14)/t6-/m1/s1. The summed E-state index contributed by atoms with van der Waals surface area (Å²) in [5.74, 6) is -1.10. The highest BCUT2D eigenvalue weighted by Crippen LogP contribution is 2.10. The monoisotopic (exact) mass is 218 g/mol. The molecule has 0 aromatic carbocycles. The number of nitrogens with one attached hydrogen (secondary N) is 1. The van der Waals surface area contributed by atoms with Crippen LogP contribution in [0.3, 0.4) is 0 Å². The van der Waals surface area contributed by atoms with Gasteiger partial charge in [0.1, 0.15) is 6.04 Å². The fourth-order valence-corrected chi connectivity index (χ4v) is 0.725. The van der Waals surface area contributed by atoms with Crippen LogP contribution in [0, 0.1) is 0 Å². The van der Waals surface area contributed by atoms with Crippen LogP contribution in [0.15, 0.2) is 0 Å². The maximum Gasteiger partial charge on any atom is 0.325 e. The van der Waals surface area contributed by atoms with Crippen molar-refractivity contribution in [3.8, 4) is 0 Å². The molecule has 0 aliphatic heterocycles. The van der Waals surface area contributed by atoms with Gasteiger partial charge >= 0.3 is 12.0 Å². The molecule has 0 saturated carbocycles. The summed E-state index contributed by atoms with van der Waals surface area (Å²) in [5, 5.41) is 19.9. The van der Waals surface area contributed by atoms with E-state index in [-0.39, 0.29) is 6.61 Å². The lowest BCUT2D eigenvalue weighted by Crippen LogP contribution is -2.54. The predicted molar refractivity (Wildman–Crippen MR) is 54.6 cm³/mol. The van der Waals surface area contributed by atoms with Crippen molar-refractivity contribution in [1.29, 1.82) is 0 Å². The Labute approximate surface area is 88.9 Å². The number of carboxylic acid groups (broad SMARTS) is 1. The van der Waals surface area contributed by atoms with Crippen molar-refractivity contribution in [1.82, 2.24) is 10.2 Å². The fourth-order valence-electron chi connectivity index (χ4n) is 0.725. The van der Waals surface area contributed by atoms with E-state index in [0.717, 1.165) is 0 Å². The van der Waals surface area contributed by atoms with E-state index in [1.54, 1.807) is 13.8 Å².